The first kappa shape index (κ1) is 13.2. The molecule has 4 nitrogen and oxygen atoms in total. The first-order valence-electron chi connectivity index (χ1n) is 5.25. The number of hydrogen-bond acceptors (Lipinski definition) is 4. The molecule has 0 bridgehead atoms. The molecule has 0 aliphatic carbocycles. The fourth-order valence-electron chi connectivity index (χ4n) is 1.28. The highest BCUT2D eigenvalue weighted by molar-refractivity contribution is 9.10. The van der Waals surface area contributed by atoms with Gasteiger partial charge in [0.15, 0.2) is 5.82 Å². The smallest absolute Gasteiger partial charge is 0.235 e. The molecule has 0 radical (unpaired) electrons. The summed E-state index contributed by atoms with van der Waals surface area (Å²) < 4.78 is 5.89. The molecule has 2 rings (SSSR count). The van der Waals surface area contributed by atoms with Crippen LogP contribution in [0.4, 0.5) is 5.82 Å². The van der Waals surface area contributed by atoms with Crippen molar-refractivity contribution < 1.29 is 9.32 Å². The quantitative estimate of drug-likeness (QED) is 0.874. The number of thioether (sulfide) groups is 1. The van der Waals surface area contributed by atoms with E-state index in [0.29, 0.717) is 17.3 Å². The fourth-order valence-corrected chi connectivity index (χ4v) is 2.25. The minimum atomic E-state index is -0.101. The lowest BCUT2D eigenvalue weighted by Crippen LogP contribution is -2.14. The maximum absolute atomic E-state index is 11.6. The SMILES string of the molecule is Cc1cc(NC(=O)CSc2ccc(Br)cc2)no1. The van der Waals surface area contributed by atoms with Crippen LogP contribution in [-0.2, 0) is 4.79 Å². The van der Waals surface area contributed by atoms with Crippen LogP contribution in [0.5, 0.6) is 0 Å². The van der Waals surface area contributed by atoms with Gasteiger partial charge in [-0.1, -0.05) is 21.1 Å². The van der Waals surface area contributed by atoms with Crippen molar-refractivity contribution in [2.75, 3.05) is 11.1 Å². The lowest BCUT2D eigenvalue weighted by atomic mass is 10.4. The Hall–Kier alpha value is -1.27. The van der Waals surface area contributed by atoms with Crippen LogP contribution in [-0.4, -0.2) is 16.8 Å². The van der Waals surface area contributed by atoms with E-state index in [0.717, 1.165) is 9.37 Å². The first-order valence-corrected chi connectivity index (χ1v) is 7.03. The number of aromatic nitrogens is 1. The Balaban J connectivity index is 1.83. The highest BCUT2D eigenvalue weighted by Crippen LogP contribution is 2.20. The van der Waals surface area contributed by atoms with Gasteiger partial charge in [-0.25, -0.2) is 0 Å². The van der Waals surface area contributed by atoms with Gasteiger partial charge in [-0.05, 0) is 31.2 Å². The Morgan fingerprint density at radius 2 is 2.17 bits per heavy atom. The maximum atomic E-state index is 11.6. The molecule has 18 heavy (non-hydrogen) atoms. The Morgan fingerprint density at radius 3 is 2.78 bits per heavy atom. The van der Waals surface area contributed by atoms with Gasteiger partial charge in [0.1, 0.15) is 5.76 Å². The van der Waals surface area contributed by atoms with E-state index in [1.165, 1.54) is 11.8 Å². The zero-order valence-electron chi connectivity index (χ0n) is 9.64. The number of halogens is 1. The number of carbonyl (C=O) groups excluding carboxylic acids is 1. The second-order valence-electron chi connectivity index (χ2n) is 3.61. The molecule has 0 aliphatic heterocycles. The normalized spacial score (nSPS) is 10.3. The van der Waals surface area contributed by atoms with Gasteiger partial charge < -0.3 is 9.84 Å². The summed E-state index contributed by atoms with van der Waals surface area (Å²) in [5.41, 5.74) is 0. The third-order valence-corrected chi connectivity index (χ3v) is 3.62. The number of benzene rings is 1. The number of amides is 1. The van der Waals surface area contributed by atoms with E-state index in [4.69, 9.17) is 4.52 Å². The largest absolute Gasteiger partial charge is 0.360 e. The molecule has 0 aliphatic rings. The predicted molar refractivity (Wildman–Crippen MR) is 74.7 cm³/mol. The molecule has 2 aromatic rings. The van der Waals surface area contributed by atoms with Crippen molar-refractivity contribution in [1.82, 2.24) is 5.16 Å². The van der Waals surface area contributed by atoms with Crippen LogP contribution in [0.15, 0.2) is 44.2 Å². The molecule has 1 N–H and O–H groups in total. The molecule has 6 heteroatoms. The van der Waals surface area contributed by atoms with E-state index in [-0.39, 0.29) is 5.91 Å². The predicted octanol–water partition coefficient (Wildman–Crippen LogP) is 3.48. The Bertz CT molecular complexity index is 539. The van der Waals surface area contributed by atoms with E-state index in [2.05, 4.69) is 26.4 Å². The summed E-state index contributed by atoms with van der Waals surface area (Å²) in [6, 6.07) is 9.50. The third-order valence-electron chi connectivity index (χ3n) is 2.08. The molecule has 1 aromatic heterocycles. The van der Waals surface area contributed by atoms with Crippen molar-refractivity contribution in [3.63, 3.8) is 0 Å². The topological polar surface area (TPSA) is 55.1 Å². The number of aryl methyl sites for hydroxylation is 1. The number of rotatable bonds is 4. The van der Waals surface area contributed by atoms with Gasteiger partial charge in [-0.15, -0.1) is 11.8 Å². The van der Waals surface area contributed by atoms with Gasteiger partial charge in [0, 0.05) is 15.4 Å². The molecular weight excluding hydrogens is 316 g/mol. The summed E-state index contributed by atoms with van der Waals surface area (Å²) in [5.74, 6) is 1.36. The zero-order chi connectivity index (χ0) is 13.0. The van der Waals surface area contributed by atoms with E-state index < -0.39 is 0 Å². The summed E-state index contributed by atoms with van der Waals surface area (Å²) in [5, 5.41) is 6.37. The van der Waals surface area contributed by atoms with Crippen LogP contribution < -0.4 is 5.32 Å². The van der Waals surface area contributed by atoms with Crippen molar-refractivity contribution >= 4 is 39.4 Å². The van der Waals surface area contributed by atoms with Crippen LogP contribution in [0.1, 0.15) is 5.76 Å². The van der Waals surface area contributed by atoms with Gasteiger partial charge >= 0.3 is 0 Å². The van der Waals surface area contributed by atoms with E-state index in [9.17, 15) is 4.79 Å². The molecule has 0 spiro atoms. The molecule has 0 atom stereocenters. The second kappa shape index (κ2) is 6.06. The highest BCUT2D eigenvalue weighted by atomic mass is 79.9. The Labute approximate surface area is 117 Å². The summed E-state index contributed by atoms with van der Waals surface area (Å²) >= 11 is 4.84. The summed E-state index contributed by atoms with van der Waals surface area (Å²) in [6.07, 6.45) is 0. The zero-order valence-corrected chi connectivity index (χ0v) is 12.0. The number of anilines is 1. The molecule has 1 heterocycles. The first-order chi connectivity index (χ1) is 8.63. The molecule has 1 aromatic carbocycles. The van der Waals surface area contributed by atoms with E-state index in [1.54, 1.807) is 13.0 Å². The monoisotopic (exact) mass is 326 g/mol. The minimum absolute atomic E-state index is 0.101. The third kappa shape index (κ3) is 3.89. The molecule has 1 amide bonds. The number of nitrogens with zero attached hydrogens (tertiary/aromatic N) is 1. The van der Waals surface area contributed by atoms with Crippen molar-refractivity contribution in [2.24, 2.45) is 0 Å². The number of hydrogen-bond donors (Lipinski definition) is 1. The standard InChI is InChI=1S/C12H11BrN2O2S/c1-8-6-11(15-17-8)14-12(16)7-18-10-4-2-9(13)3-5-10/h2-6H,7H2,1H3,(H,14,15,16). The van der Waals surface area contributed by atoms with Gasteiger partial charge in [0.25, 0.3) is 0 Å². The Morgan fingerprint density at radius 1 is 1.44 bits per heavy atom. The van der Waals surface area contributed by atoms with Gasteiger partial charge in [-0.2, -0.15) is 0 Å². The second-order valence-corrected chi connectivity index (χ2v) is 5.58. The summed E-state index contributed by atoms with van der Waals surface area (Å²) in [6.45, 7) is 1.78. The highest BCUT2D eigenvalue weighted by Gasteiger charge is 2.06. The summed E-state index contributed by atoms with van der Waals surface area (Å²) in [4.78, 5) is 12.7. The average molecular weight is 327 g/mol. The van der Waals surface area contributed by atoms with Crippen molar-refractivity contribution in [1.29, 1.82) is 0 Å². The average Bonchev–Trinajstić information content (AvgIpc) is 2.74. The lowest BCUT2D eigenvalue weighted by molar-refractivity contribution is -0.113. The number of nitrogens with one attached hydrogen (secondary N) is 1. The maximum Gasteiger partial charge on any atom is 0.235 e. The summed E-state index contributed by atoms with van der Waals surface area (Å²) in [7, 11) is 0. The van der Waals surface area contributed by atoms with Crippen LogP contribution >= 0.6 is 27.7 Å². The molecular formula is C12H11BrN2O2S. The van der Waals surface area contributed by atoms with Crippen LogP contribution in [0.2, 0.25) is 0 Å². The van der Waals surface area contributed by atoms with Gasteiger partial charge in [-0.3, -0.25) is 4.79 Å². The molecule has 0 fully saturated rings. The molecule has 94 valence electrons. The lowest BCUT2D eigenvalue weighted by Gasteiger charge is -2.01. The molecule has 0 saturated heterocycles. The Kier molecular flexibility index (Phi) is 4.43. The van der Waals surface area contributed by atoms with Crippen LogP contribution in [0.3, 0.4) is 0 Å². The van der Waals surface area contributed by atoms with Crippen molar-refractivity contribution in [3.05, 3.63) is 40.6 Å². The van der Waals surface area contributed by atoms with E-state index in [1.807, 2.05) is 24.3 Å². The van der Waals surface area contributed by atoms with Crippen molar-refractivity contribution in [3.8, 4) is 0 Å². The molecule has 0 unspecified atom stereocenters. The minimum Gasteiger partial charge on any atom is -0.360 e. The van der Waals surface area contributed by atoms with E-state index >= 15 is 0 Å². The van der Waals surface area contributed by atoms with Gasteiger partial charge in [0.2, 0.25) is 5.91 Å². The number of carbonyl (C=O) groups is 1. The van der Waals surface area contributed by atoms with Crippen LogP contribution in [0, 0.1) is 6.92 Å². The molecule has 0 saturated carbocycles. The van der Waals surface area contributed by atoms with Crippen LogP contribution in [0.25, 0.3) is 0 Å². The fraction of sp³-hybridized carbons (Fsp3) is 0.167. The van der Waals surface area contributed by atoms with Crippen molar-refractivity contribution in [2.45, 2.75) is 11.8 Å². The van der Waals surface area contributed by atoms with Gasteiger partial charge in [0.05, 0.1) is 5.75 Å².